The SMILES string of the molecule is CSc1nc(N)cc(Oc2cccc(N(C)C)c2)n1. The van der Waals surface area contributed by atoms with E-state index >= 15 is 0 Å². The molecule has 0 aliphatic rings. The maximum Gasteiger partial charge on any atom is 0.225 e. The molecule has 100 valence electrons. The van der Waals surface area contributed by atoms with Crippen molar-refractivity contribution >= 4 is 23.3 Å². The molecule has 19 heavy (non-hydrogen) atoms. The van der Waals surface area contributed by atoms with Crippen LogP contribution in [-0.4, -0.2) is 30.3 Å². The number of aromatic nitrogens is 2. The van der Waals surface area contributed by atoms with E-state index in [0.717, 1.165) is 11.4 Å². The summed E-state index contributed by atoms with van der Waals surface area (Å²) in [5, 5.41) is 0.596. The first-order valence-electron chi connectivity index (χ1n) is 5.72. The molecular formula is C13H16N4OS. The minimum absolute atomic E-state index is 0.401. The summed E-state index contributed by atoms with van der Waals surface area (Å²) in [6, 6.07) is 9.38. The van der Waals surface area contributed by atoms with Gasteiger partial charge < -0.3 is 15.4 Å². The van der Waals surface area contributed by atoms with Crippen molar-refractivity contribution in [1.29, 1.82) is 0 Å². The molecule has 2 N–H and O–H groups in total. The Morgan fingerprint density at radius 1 is 1.21 bits per heavy atom. The van der Waals surface area contributed by atoms with Gasteiger partial charge in [-0.2, -0.15) is 4.98 Å². The van der Waals surface area contributed by atoms with Crippen molar-refractivity contribution in [1.82, 2.24) is 9.97 Å². The van der Waals surface area contributed by atoms with Gasteiger partial charge in [0.2, 0.25) is 5.88 Å². The summed E-state index contributed by atoms with van der Waals surface area (Å²) in [6.07, 6.45) is 1.89. The van der Waals surface area contributed by atoms with E-state index in [-0.39, 0.29) is 0 Å². The summed E-state index contributed by atoms with van der Waals surface area (Å²) in [7, 11) is 3.96. The Hall–Kier alpha value is -1.95. The predicted molar refractivity (Wildman–Crippen MR) is 79.1 cm³/mol. The predicted octanol–water partition coefficient (Wildman–Crippen LogP) is 2.64. The van der Waals surface area contributed by atoms with Crippen LogP contribution in [0.3, 0.4) is 0 Å². The van der Waals surface area contributed by atoms with Crippen LogP contribution in [0.25, 0.3) is 0 Å². The summed E-state index contributed by atoms with van der Waals surface area (Å²) in [5.74, 6) is 1.57. The highest BCUT2D eigenvalue weighted by Crippen LogP contribution is 2.26. The first-order chi connectivity index (χ1) is 9.08. The lowest BCUT2D eigenvalue weighted by molar-refractivity contribution is 0.456. The van der Waals surface area contributed by atoms with Crippen molar-refractivity contribution in [3.05, 3.63) is 30.3 Å². The first-order valence-corrected chi connectivity index (χ1v) is 6.95. The van der Waals surface area contributed by atoms with Crippen molar-refractivity contribution < 1.29 is 4.74 Å². The van der Waals surface area contributed by atoms with Crippen molar-refractivity contribution in [2.75, 3.05) is 31.0 Å². The van der Waals surface area contributed by atoms with E-state index in [2.05, 4.69) is 9.97 Å². The Kier molecular flexibility index (Phi) is 4.11. The fourth-order valence-electron chi connectivity index (χ4n) is 1.51. The van der Waals surface area contributed by atoms with E-state index in [9.17, 15) is 0 Å². The van der Waals surface area contributed by atoms with Crippen LogP contribution in [0.4, 0.5) is 11.5 Å². The number of rotatable bonds is 4. The number of nitrogen functional groups attached to an aromatic ring is 1. The zero-order valence-electron chi connectivity index (χ0n) is 11.1. The monoisotopic (exact) mass is 276 g/mol. The molecule has 0 atom stereocenters. The summed E-state index contributed by atoms with van der Waals surface area (Å²) >= 11 is 1.43. The lowest BCUT2D eigenvalue weighted by Gasteiger charge is -2.13. The molecule has 0 aliphatic carbocycles. The Morgan fingerprint density at radius 3 is 2.68 bits per heavy atom. The van der Waals surface area contributed by atoms with Gasteiger partial charge in [0.1, 0.15) is 11.6 Å². The van der Waals surface area contributed by atoms with Gasteiger partial charge in [-0.15, -0.1) is 0 Å². The molecule has 2 aromatic rings. The highest BCUT2D eigenvalue weighted by molar-refractivity contribution is 7.98. The summed E-state index contributed by atoms with van der Waals surface area (Å²) in [4.78, 5) is 10.3. The second-order valence-corrected chi connectivity index (χ2v) is 4.88. The minimum Gasteiger partial charge on any atom is -0.439 e. The van der Waals surface area contributed by atoms with Gasteiger partial charge in [0.05, 0.1) is 0 Å². The molecule has 0 spiro atoms. The topological polar surface area (TPSA) is 64.3 Å². The number of hydrogen-bond donors (Lipinski definition) is 1. The van der Waals surface area contributed by atoms with Gasteiger partial charge in [0.15, 0.2) is 5.16 Å². The molecule has 6 heteroatoms. The Morgan fingerprint density at radius 2 is 2.00 bits per heavy atom. The van der Waals surface area contributed by atoms with Gasteiger partial charge in [0.25, 0.3) is 0 Å². The molecule has 0 aliphatic heterocycles. The molecule has 1 heterocycles. The molecule has 1 aromatic heterocycles. The fraction of sp³-hybridized carbons (Fsp3) is 0.231. The number of ether oxygens (including phenoxy) is 1. The summed E-state index contributed by atoms with van der Waals surface area (Å²) in [5.41, 5.74) is 6.77. The Labute approximate surface area is 116 Å². The van der Waals surface area contributed by atoms with Gasteiger partial charge in [-0.1, -0.05) is 17.8 Å². The van der Waals surface area contributed by atoms with E-state index in [4.69, 9.17) is 10.5 Å². The van der Waals surface area contributed by atoms with Crippen LogP contribution in [0, 0.1) is 0 Å². The van der Waals surface area contributed by atoms with Crippen LogP contribution in [0.15, 0.2) is 35.5 Å². The van der Waals surface area contributed by atoms with Crippen LogP contribution in [0.2, 0.25) is 0 Å². The smallest absolute Gasteiger partial charge is 0.225 e. The molecule has 1 aromatic carbocycles. The number of benzene rings is 1. The molecular weight excluding hydrogens is 260 g/mol. The van der Waals surface area contributed by atoms with Crippen LogP contribution in [0.5, 0.6) is 11.6 Å². The standard InChI is InChI=1S/C13H16N4OS/c1-17(2)9-5-4-6-10(7-9)18-12-8-11(14)15-13(16-12)19-3/h4-8H,1-3H3,(H2,14,15,16). The molecule has 0 saturated heterocycles. The van der Waals surface area contributed by atoms with Gasteiger partial charge in [-0.3, -0.25) is 0 Å². The van der Waals surface area contributed by atoms with E-state index in [1.54, 1.807) is 6.07 Å². The van der Waals surface area contributed by atoms with Crippen molar-refractivity contribution in [2.45, 2.75) is 5.16 Å². The van der Waals surface area contributed by atoms with Gasteiger partial charge in [0, 0.05) is 31.9 Å². The van der Waals surface area contributed by atoms with Crippen LogP contribution >= 0.6 is 11.8 Å². The van der Waals surface area contributed by atoms with Crippen molar-refractivity contribution in [2.24, 2.45) is 0 Å². The van der Waals surface area contributed by atoms with Crippen molar-refractivity contribution in [3.63, 3.8) is 0 Å². The molecule has 5 nitrogen and oxygen atoms in total. The van der Waals surface area contributed by atoms with E-state index < -0.39 is 0 Å². The zero-order valence-corrected chi connectivity index (χ0v) is 11.9. The lowest BCUT2D eigenvalue weighted by atomic mass is 10.3. The molecule has 0 saturated carbocycles. The fourth-order valence-corrected chi connectivity index (χ4v) is 1.89. The van der Waals surface area contributed by atoms with Crippen LogP contribution in [-0.2, 0) is 0 Å². The molecule has 0 unspecified atom stereocenters. The molecule has 0 fully saturated rings. The average molecular weight is 276 g/mol. The quantitative estimate of drug-likeness (QED) is 0.684. The second-order valence-electron chi connectivity index (χ2n) is 4.11. The summed E-state index contributed by atoms with van der Waals surface area (Å²) in [6.45, 7) is 0. The second kappa shape index (κ2) is 5.79. The van der Waals surface area contributed by atoms with Crippen LogP contribution in [0.1, 0.15) is 0 Å². The van der Waals surface area contributed by atoms with E-state index in [0.29, 0.717) is 16.9 Å². The number of nitrogens with two attached hydrogens (primary N) is 1. The maximum absolute atomic E-state index is 5.72. The van der Waals surface area contributed by atoms with Crippen LogP contribution < -0.4 is 15.4 Å². The highest BCUT2D eigenvalue weighted by atomic mass is 32.2. The molecule has 2 rings (SSSR count). The molecule has 0 amide bonds. The lowest BCUT2D eigenvalue weighted by Crippen LogP contribution is -2.08. The number of hydrogen-bond acceptors (Lipinski definition) is 6. The van der Waals surface area contributed by atoms with Gasteiger partial charge >= 0.3 is 0 Å². The third-order valence-electron chi connectivity index (χ3n) is 2.44. The van der Waals surface area contributed by atoms with Gasteiger partial charge in [-0.05, 0) is 18.4 Å². The Balaban J connectivity index is 2.25. The number of thioether (sulfide) groups is 1. The third kappa shape index (κ3) is 3.51. The summed E-state index contributed by atoms with van der Waals surface area (Å²) < 4.78 is 5.72. The number of nitrogens with zero attached hydrogens (tertiary/aromatic N) is 3. The van der Waals surface area contributed by atoms with E-state index in [1.807, 2.05) is 49.5 Å². The first kappa shape index (κ1) is 13.5. The van der Waals surface area contributed by atoms with Crippen molar-refractivity contribution in [3.8, 4) is 11.6 Å². The Bertz CT molecular complexity index is 574. The average Bonchev–Trinajstić information content (AvgIpc) is 2.38. The third-order valence-corrected chi connectivity index (χ3v) is 2.99. The molecule has 0 radical (unpaired) electrons. The molecule has 0 bridgehead atoms. The minimum atomic E-state index is 0.401. The largest absolute Gasteiger partial charge is 0.439 e. The normalized spacial score (nSPS) is 10.3. The van der Waals surface area contributed by atoms with E-state index in [1.165, 1.54) is 11.8 Å². The highest BCUT2D eigenvalue weighted by Gasteiger charge is 2.05. The van der Waals surface area contributed by atoms with Gasteiger partial charge in [-0.25, -0.2) is 4.98 Å². The maximum atomic E-state index is 5.72. The number of anilines is 2. The zero-order chi connectivity index (χ0) is 13.8.